The standard InChI is InChI=1S/C22H14F5NO3/c1-30-16-7-5-12(4-6-15(29)13-3-2-8-28-10-13)9-14(16)11-31-22-20(26)18(24)17(23)19(25)21(22)27/h2-10H,11H2,1H3/b6-4+. The zero-order valence-corrected chi connectivity index (χ0v) is 16.0. The van der Waals surface area contributed by atoms with E-state index in [1.165, 1.54) is 43.8 Å². The van der Waals surface area contributed by atoms with Gasteiger partial charge in [-0.2, -0.15) is 8.78 Å². The van der Waals surface area contributed by atoms with Gasteiger partial charge in [-0.25, -0.2) is 13.2 Å². The van der Waals surface area contributed by atoms with Crippen LogP contribution in [0.2, 0.25) is 0 Å². The number of allylic oxidation sites excluding steroid dienone is 1. The smallest absolute Gasteiger partial charge is 0.207 e. The van der Waals surface area contributed by atoms with Gasteiger partial charge in [0.15, 0.2) is 11.5 Å². The van der Waals surface area contributed by atoms with Gasteiger partial charge in [-0.3, -0.25) is 9.78 Å². The zero-order valence-electron chi connectivity index (χ0n) is 16.0. The minimum atomic E-state index is -2.27. The molecular formula is C22H14F5NO3. The Kier molecular flexibility index (Phi) is 6.64. The molecular weight excluding hydrogens is 421 g/mol. The average molecular weight is 435 g/mol. The molecule has 0 radical (unpaired) electrons. The number of ketones is 1. The first kappa shape index (κ1) is 21.9. The number of ether oxygens (including phenoxy) is 2. The van der Waals surface area contributed by atoms with Gasteiger partial charge in [0.25, 0.3) is 0 Å². The lowest BCUT2D eigenvalue weighted by atomic mass is 10.1. The predicted molar refractivity (Wildman–Crippen MR) is 101 cm³/mol. The lowest BCUT2D eigenvalue weighted by molar-refractivity contribution is 0.104. The lowest BCUT2D eigenvalue weighted by Crippen LogP contribution is -2.07. The SMILES string of the molecule is COc1ccc(/C=C/C(=O)c2cccnc2)cc1COc1c(F)c(F)c(F)c(F)c1F. The van der Waals surface area contributed by atoms with Crippen LogP contribution < -0.4 is 9.47 Å². The summed E-state index contributed by atoms with van der Waals surface area (Å²) in [5.41, 5.74) is 1.14. The molecule has 0 atom stereocenters. The highest BCUT2D eigenvalue weighted by Crippen LogP contribution is 2.31. The van der Waals surface area contributed by atoms with E-state index < -0.39 is 41.4 Å². The van der Waals surface area contributed by atoms with Crippen LogP contribution in [0.25, 0.3) is 6.08 Å². The van der Waals surface area contributed by atoms with Crippen LogP contribution in [0.3, 0.4) is 0 Å². The fraction of sp³-hybridized carbons (Fsp3) is 0.0909. The summed E-state index contributed by atoms with van der Waals surface area (Å²) in [6, 6.07) is 7.80. The number of aromatic nitrogens is 1. The number of benzene rings is 2. The maximum absolute atomic E-state index is 13.8. The Labute approximate surface area is 173 Å². The fourth-order valence-corrected chi connectivity index (χ4v) is 2.65. The van der Waals surface area contributed by atoms with Crippen molar-refractivity contribution in [3.05, 3.63) is 94.6 Å². The molecule has 0 saturated carbocycles. The summed E-state index contributed by atoms with van der Waals surface area (Å²) in [6.07, 6.45) is 5.72. The molecule has 160 valence electrons. The summed E-state index contributed by atoms with van der Waals surface area (Å²) in [5.74, 6) is -12.1. The van der Waals surface area contributed by atoms with Gasteiger partial charge >= 0.3 is 0 Å². The minimum absolute atomic E-state index is 0.250. The minimum Gasteiger partial charge on any atom is -0.496 e. The lowest BCUT2D eigenvalue weighted by Gasteiger charge is -2.13. The molecule has 4 nitrogen and oxygen atoms in total. The first-order valence-corrected chi connectivity index (χ1v) is 8.77. The van der Waals surface area contributed by atoms with Crippen molar-refractivity contribution in [3.63, 3.8) is 0 Å². The molecule has 1 aromatic heterocycles. The van der Waals surface area contributed by atoms with Crippen LogP contribution >= 0.6 is 0 Å². The normalized spacial score (nSPS) is 11.0. The second-order valence-electron chi connectivity index (χ2n) is 6.20. The van der Waals surface area contributed by atoms with Gasteiger partial charge in [-0.1, -0.05) is 12.1 Å². The van der Waals surface area contributed by atoms with E-state index in [0.29, 0.717) is 11.1 Å². The zero-order chi connectivity index (χ0) is 22.5. The first-order chi connectivity index (χ1) is 14.8. The number of pyridine rings is 1. The van der Waals surface area contributed by atoms with Crippen LogP contribution in [0.5, 0.6) is 11.5 Å². The molecule has 0 unspecified atom stereocenters. The topological polar surface area (TPSA) is 48.4 Å². The molecule has 1 heterocycles. The van der Waals surface area contributed by atoms with Crippen LogP contribution in [0, 0.1) is 29.1 Å². The molecule has 0 bridgehead atoms. The molecule has 31 heavy (non-hydrogen) atoms. The second kappa shape index (κ2) is 9.38. The highest BCUT2D eigenvalue weighted by molar-refractivity contribution is 6.06. The molecule has 3 rings (SSSR count). The van der Waals surface area contributed by atoms with E-state index in [2.05, 4.69) is 4.98 Å². The van der Waals surface area contributed by atoms with Crippen molar-refractivity contribution in [2.75, 3.05) is 7.11 Å². The van der Waals surface area contributed by atoms with Gasteiger partial charge in [0.05, 0.1) is 7.11 Å². The van der Waals surface area contributed by atoms with Gasteiger partial charge < -0.3 is 9.47 Å². The van der Waals surface area contributed by atoms with Crippen molar-refractivity contribution in [3.8, 4) is 11.5 Å². The van der Waals surface area contributed by atoms with Crippen molar-refractivity contribution in [2.45, 2.75) is 6.61 Å². The number of nitrogens with zero attached hydrogens (tertiary/aromatic N) is 1. The molecule has 0 aliphatic carbocycles. The van der Waals surface area contributed by atoms with Gasteiger partial charge in [0, 0.05) is 23.5 Å². The molecule has 3 aromatic rings. The molecule has 0 spiro atoms. The summed E-state index contributed by atoms with van der Waals surface area (Å²) in [4.78, 5) is 16.0. The van der Waals surface area contributed by atoms with Crippen molar-refractivity contribution in [1.29, 1.82) is 0 Å². The number of halogens is 5. The number of methoxy groups -OCH3 is 1. The quantitative estimate of drug-likeness (QED) is 0.167. The van der Waals surface area contributed by atoms with Crippen molar-refractivity contribution in [2.24, 2.45) is 0 Å². The summed E-state index contributed by atoms with van der Waals surface area (Å²) in [5, 5.41) is 0. The Bertz CT molecular complexity index is 1120. The molecule has 0 amide bonds. The van der Waals surface area contributed by atoms with Gasteiger partial charge in [0.1, 0.15) is 12.4 Å². The fourth-order valence-electron chi connectivity index (χ4n) is 2.65. The van der Waals surface area contributed by atoms with Gasteiger partial charge in [0.2, 0.25) is 29.1 Å². The number of hydrogen-bond donors (Lipinski definition) is 0. The van der Waals surface area contributed by atoms with E-state index in [9.17, 15) is 26.7 Å². The molecule has 0 saturated heterocycles. The van der Waals surface area contributed by atoms with Crippen LogP contribution in [-0.4, -0.2) is 17.9 Å². The number of hydrogen-bond acceptors (Lipinski definition) is 4. The van der Waals surface area contributed by atoms with Crippen molar-refractivity contribution >= 4 is 11.9 Å². The van der Waals surface area contributed by atoms with E-state index in [-0.39, 0.29) is 17.1 Å². The molecule has 0 N–H and O–H groups in total. The van der Waals surface area contributed by atoms with Crippen LogP contribution in [0.4, 0.5) is 22.0 Å². The van der Waals surface area contributed by atoms with Crippen molar-refractivity contribution in [1.82, 2.24) is 4.98 Å². The Morgan fingerprint density at radius 3 is 2.29 bits per heavy atom. The van der Waals surface area contributed by atoms with Gasteiger partial charge in [-0.05, 0) is 35.9 Å². The number of carbonyl (C=O) groups is 1. The van der Waals surface area contributed by atoms with Crippen LogP contribution in [0.1, 0.15) is 21.5 Å². The predicted octanol–water partition coefficient (Wildman–Crippen LogP) is 5.26. The number of carbonyl (C=O) groups excluding carboxylic acids is 1. The maximum Gasteiger partial charge on any atom is 0.207 e. The Balaban J connectivity index is 1.84. The summed E-state index contributed by atoms with van der Waals surface area (Å²) in [7, 11) is 1.33. The van der Waals surface area contributed by atoms with E-state index in [1.54, 1.807) is 18.2 Å². The van der Waals surface area contributed by atoms with Gasteiger partial charge in [-0.15, -0.1) is 0 Å². The second-order valence-corrected chi connectivity index (χ2v) is 6.20. The molecule has 0 fully saturated rings. The highest BCUT2D eigenvalue weighted by atomic mass is 19.2. The summed E-state index contributed by atoms with van der Waals surface area (Å²) in [6.45, 7) is -0.556. The molecule has 0 aliphatic heterocycles. The molecule has 2 aromatic carbocycles. The van der Waals surface area contributed by atoms with Crippen LogP contribution in [0.15, 0.2) is 48.8 Å². The Morgan fingerprint density at radius 2 is 1.68 bits per heavy atom. The van der Waals surface area contributed by atoms with Crippen molar-refractivity contribution < 1.29 is 36.2 Å². The molecule has 9 heteroatoms. The third-order valence-electron chi connectivity index (χ3n) is 4.22. The Hall–Kier alpha value is -3.75. The van der Waals surface area contributed by atoms with E-state index >= 15 is 0 Å². The van der Waals surface area contributed by atoms with E-state index in [4.69, 9.17) is 9.47 Å². The molecule has 0 aliphatic rings. The third kappa shape index (κ3) is 4.71. The largest absolute Gasteiger partial charge is 0.496 e. The number of rotatable bonds is 7. The summed E-state index contributed by atoms with van der Waals surface area (Å²) < 4.78 is 77.5. The maximum atomic E-state index is 13.8. The summed E-state index contributed by atoms with van der Waals surface area (Å²) >= 11 is 0. The third-order valence-corrected chi connectivity index (χ3v) is 4.22. The first-order valence-electron chi connectivity index (χ1n) is 8.77. The van der Waals surface area contributed by atoms with E-state index in [1.807, 2.05) is 0 Å². The average Bonchev–Trinajstić information content (AvgIpc) is 2.80. The Morgan fingerprint density at radius 1 is 1.00 bits per heavy atom. The van der Waals surface area contributed by atoms with Crippen LogP contribution in [-0.2, 0) is 6.61 Å². The van der Waals surface area contributed by atoms with E-state index in [0.717, 1.165) is 0 Å². The monoisotopic (exact) mass is 435 g/mol. The highest BCUT2D eigenvalue weighted by Gasteiger charge is 2.27.